The quantitative estimate of drug-likeness (QED) is 0.450. The van der Waals surface area contributed by atoms with Gasteiger partial charge in [0.05, 0.1) is 38.3 Å². The van der Waals surface area contributed by atoms with E-state index in [-0.39, 0.29) is 24.2 Å². The van der Waals surface area contributed by atoms with E-state index in [1.54, 1.807) is 12.7 Å². The van der Waals surface area contributed by atoms with E-state index in [0.717, 1.165) is 25.9 Å². The molecule has 38 heavy (non-hydrogen) atoms. The molecule has 0 fully saturated rings. The second-order valence-electron chi connectivity index (χ2n) is 8.83. The number of aryl methyl sites for hydroxylation is 2. The lowest BCUT2D eigenvalue weighted by Crippen LogP contribution is -2.44. The van der Waals surface area contributed by atoms with Gasteiger partial charge in [-0.05, 0) is 25.0 Å². The summed E-state index contributed by atoms with van der Waals surface area (Å²) in [6.45, 7) is 1.44. The minimum atomic E-state index is -1.01. The molecule has 2 unspecified atom stereocenters. The molecule has 4 heterocycles. The fraction of sp³-hybridized carbons (Fsp3) is 0.400. The molecule has 0 aromatic carbocycles. The van der Waals surface area contributed by atoms with Crippen molar-refractivity contribution in [3.05, 3.63) is 66.0 Å². The topological polar surface area (TPSA) is 159 Å². The molecular formula is C25H29N7O6. The number of rotatable bonds is 2. The molecule has 0 saturated carbocycles. The van der Waals surface area contributed by atoms with Gasteiger partial charge >= 0.3 is 11.9 Å². The summed E-state index contributed by atoms with van der Waals surface area (Å²) in [6.07, 6.45) is 8.98. The third kappa shape index (κ3) is 6.60. The first kappa shape index (κ1) is 26.5. The average molecular weight is 524 g/mol. The molecule has 0 saturated heterocycles. The summed E-state index contributed by atoms with van der Waals surface area (Å²) in [4.78, 5) is 63.6. The van der Waals surface area contributed by atoms with Crippen LogP contribution in [-0.2, 0) is 45.0 Å². The van der Waals surface area contributed by atoms with E-state index >= 15 is 0 Å². The zero-order valence-electron chi connectivity index (χ0n) is 21.1. The summed E-state index contributed by atoms with van der Waals surface area (Å²) >= 11 is 0. The molecule has 6 bridgehead atoms. The lowest BCUT2D eigenvalue weighted by Gasteiger charge is -2.16. The van der Waals surface area contributed by atoms with Crippen LogP contribution in [0.2, 0.25) is 0 Å². The zero-order valence-corrected chi connectivity index (χ0v) is 21.1. The third-order valence-electron chi connectivity index (χ3n) is 6.08. The van der Waals surface area contributed by atoms with Crippen LogP contribution in [-0.4, -0.2) is 74.1 Å². The Balaban J connectivity index is 1.63. The Hall–Kier alpha value is -4.55. The maximum Gasteiger partial charge on any atom is 0.328 e. The number of ether oxygens (including phenoxy) is 2. The molecule has 4 rings (SSSR count). The summed E-state index contributed by atoms with van der Waals surface area (Å²) in [5.74, 6) is -2.62. The number of carbonyl (C=O) groups excluding carboxylic acids is 4. The van der Waals surface area contributed by atoms with E-state index in [9.17, 15) is 19.2 Å². The Morgan fingerprint density at radius 2 is 1.26 bits per heavy atom. The molecule has 2 N–H and O–H groups in total. The van der Waals surface area contributed by atoms with E-state index in [0.29, 0.717) is 11.4 Å². The first-order valence-corrected chi connectivity index (χ1v) is 12.1. The minimum Gasteiger partial charge on any atom is -0.467 e. The Morgan fingerprint density at radius 3 is 1.68 bits per heavy atom. The summed E-state index contributed by atoms with van der Waals surface area (Å²) in [5.41, 5.74) is 1.05. The number of nitrogens with one attached hydrogen (secondary N) is 2. The fourth-order valence-corrected chi connectivity index (χ4v) is 4.10. The van der Waals surface area contributed by atoms with Gasteiger partial charge in [-0.1, -0.05) is 6.07 Å². The molecule has 13 heteroatoms. The summed E-state index contributed by atoms with van der Waals surface area (Å²) < 4.78 is 13.6. The normalized spacial score (nSPS) is 18.9. The van der Waals surface area contributed by atoms with Crippen LogP contribution in [0.3, 0.4) is 0 Å². The van der Waals surface area contributed by atoms with E-state index in [2.05, 4.69) is 25.6 Å². The number of nitrogens with zero attached hydrogens (tertiary/aromatic N) is 5. The second-order valence-corrected chi connectivity index (χ2v) is 8.83. The first-order chi connectivity index (χ1) is 18.4. The number of hydrogen-bond acceptors (Lipinski definition) is 9. The summed E-state index contributed by atoms with van der Waals surface area (Å²) in [5, 5.41) is 5.23. The van der Waals surface area contributed by atoms with Crippen molar-refractivity contribution in [3.63, 3.8) is 0 Å². The van der Waals surface area contributed by atoms with Crippen LogP contribution in [0.1, 0.15) is 45.2 Å². The molecule has 3 aromatic heterocycles. The van der Waals surface area contributed by atoms with Gasteiger partial charge in [-0.2, -0.15) is 0 Å². The van der Waals surface area contributed by atoms with Gasteiger partial charge in [0.2, 0.25) is 0 Å². The van der Waals surface area contributed by atoms with Crippen molar-refractivity contribution in [1.29, 1.82) is 0 Å². The molecule has 0 radical (unpaired) electrons. The number of methoxy groups -OCH3 is 2. The molecule has 3 aromatic rings. The molecular weight excluding hydrogens is 494 g/mol. The van der Waals surface area contributed by atoms with Crippen molar-refractivity contribution in [2.75, 3.05) is 14.2 Å². The highest BCUT2D eigenvalue weighted by molar-refractivity contribution is 5.98. The van der Waals surface area contributed by atoms with Crippen molar-refractivity contribution in [3.8, 4) is 0 Å². The number of esters is 2. The van der Waals surface area contributed by atoms with Gasteiger partial charge in [0.1, 0.15) is 23.5 Å². The Kier molecular flexibility index (Phi) is 8.46. The van der Waals surface area contributed by atoms with Gasteiger partial charge in [0.25, 0.3) is 11.8 Å². The second kappa shape index (κ2) is 12.1. The van der Waals surface area contributed by atoms with Crippen LogP contribution in [0, 0.1) is 0 Å². The Labute approximate surface area is 218 Å². The van der Waals surface area contributed by atoms with Gasteiger partial charge in [0, 0.05) is 38.3 Å². The van der Waals surface area contributed by atoms with Gasteiger partial charge in [-0.15, -0.1) is 0 Å². The Bertz CT molecular complexity index is 1220. The van der Waals surface area contributed by atoms with Crippen LogP contribution in [0.5, 0.6) is 0 Å². The van der Waals surface area contributed by atoms with E-state index < -0.39 is 35.8 Å². The third-order valence-corrected chi connectivity index (χ3v) is 6.08. The summed E-state index contributed by atoms with van der Waals surface area (Å²) in [6, 6.07) is 2.28. The van der Waals surface area contributed by atoms with Gasteiger partial charge in [-0.25, -0.2) is 24.5 Å². The molecule has 2 amide bonds. The zero-order chi connectivity index (χ0) is 27.1. The number of aromatic nitrogens is 5. The van der Waals surface area contributed by atoms with Gasteiger partial charge < -0.3 is 29.2 Å². The van der Waals surface area contributed by atoms with Crippen LogP contribution in [0.15, 0.2) is 43.2 Å². The van der Waals surface area contributed by atoms with Gasteiger partial charge in [0.15, 0.2) is 0 Å². The monoisotopic (exact) mass is 523 g/mol. The van der Waals surface area contributed by atoms with Crippen LogP contribution in [0.4, 0.5) is 0 Å². The Morgan fingerprint density at radius 1 is 0.816 bits per heavy atom. The van der Waals surface area contributed by atoms with Crippen LogP contribution < -0.4 is 10.6 Å². The van der Waals surface area contributed by atoms with Gasteiger partial charge in [-0.3, -0.25) is 9.59 Å². The van der Waals surface area contributed by atoms with E-state index in [4.69, 9.17) is 9.47 Å². The number of amides is 2. The maximum atomic E-state index is 13.0. The number of hydrogen-bond donors (Lipinski definition) is 2. The van der Waals surface area contributed by atoms with Crippen molar-refractivity contribution in [2.24, 2.45) is 0 Å². The molecule has 200 valence electrons. The lowest BCUT2D eigenvalue weighted by molar-refractivity contribution is -0.143. The SMILES string of the molecule is COC(=O)C1Cc2cn(cn2)CCCCn2cnc(c2)CC(C(=O)OC)NC(=O)c2cccc(n2)C(=O)N1. The number of imidazole rings is 2. The largest absolute Gasteiger partial charge is 0.467 e. The average Bonchev–Trinajstić information content (AvgIpc) is 3.58. The number of fused-ring (bicyclic) bond motifs is 6. The number of carbonyl (C=O) groups is 4. The highest BCUT2D eigenvalue weighted by Crippen LogP contribution is 2.10. The van der Waals surface area contributed by atoms with Crippen LogP contribution >= 0.6 is 0 Å². The fourth-order valence-electron chi connectivity index (χ4n) is 4.10. The van der Waals surface area contributed by atoms with Crippen molar-refractivity contribution < 1.29 is 28.7 Å². The molecule has 1 aliphatic heterocycles. The van der Waals surface area contributed by atoms with Crippen LogP contribution in [0.25, 0.3) is 0 Å². The van der Waals surface area contributed by atoms with Crippen molar-refractivity contribution in [2.45, 2.75) is 50.9 Å². The molecule has 1 aliphatic rings. The number of pyridine rings is 1. The van der Waals surface area contributed by atoms with E-state index in [1.807, 2.05) is 21.5 Å². The highest BCUT2D eigenvalue weighted by atomic mass is 16.5. The van der Waals surface area contributed by atoms with Crippen molar-refractivity contribution >= 4 is 23.8 Å². The minimum absolute atomic E-state index is 0.0867. The molecule has 2 atom stereocenters. The predicted molar refractivity (Wildman–Crippen MR) is 132 cm³/mol. The molecule has 0 spiro atoms. The molecule has 13 nitrogen and oxygen atoms in total. The van der Waals surface area contributed by atoms with E-state index in [1.165, 1.54) is 32.4 Å². The molecule has 0 aliphatic carbocycles. The standard InChI is InChI=1S/C25H29N7O6/c1-37-24(35)20-10-16-12-31(14-26-16)8-3-4-9-32-13-17(27-15-32)11-21(25(36)38-2)30-23(34)19-7-5-6-18(28-19)22(33)29-20/h5-7,12-15,20-21H,3-4,8-11H2,1-2H3,(H,29,33)(H,30,34). The lowest BCUT2D eigenvalue weighted by atomic mass is 10.1. The smallest absolute Gasteiger partial charge is 0.328 e. The first-order valence-electron chi connectivity index (χ1n) is 12.1. The summed E-state index contributed by atoms with van der Waals surface area (Å²) in [7, 11) is 2.47. The maximum absolute atomic E-state index is 13.0. The van der Waals surface area contributed by atoms with Crippen molar-refractivity contribution in [1.82, 2.24) is 34.7 Å². The predicted octanol–water partition coefficient (Wildman–Crippen LogP) is 0.297. The highest BCUT2D eigenvalue weighted by Gasteiger charge is 2.27.